The maximum atomic E-state index is 12.4. The van der Waals surface area contributed by atoms with Crippen LogP contribution in [0.2, 0.25) is 0 Å². The molecule has 1 saturated heterocycles. The number of non-ortho nitro benzene ring substituents is 1. The molecule has 1 fully saturated rings. The molecular weight excluding hydrogens is 400 g/mol. The largest absolute Gasteiger partial charge is 0.494 e. The minimum atomic E-state index is -0.520. The minimum Gasteiger partial charge on any atom is -0.494 e. The zero-order chi connectivity index (χ0) is 22.2. The number of nitrogens with zero attached hydrogens (tertiary/aromatic N) is 2. The molecule has 1 heterocycles. The lowest BCUT2D eigenvalue weighted by molar-refractivity contribution is -0.384. The second-order valence-corrected chi connectivity index (χ2v) is 7.44. The number of methoxy groups -OCH3 is 1. The van der Waals surface area contributed by atoms with Gasteiger partial charge in [0.15, 0.2) is 0 Å². The lowest BCUT2D eigenvalue weighted by Gasteiger charge is -2.30. The van der Waals surface area contributed by atoms with Crippen LogP contribution in [0.15, 0.2) is 48.5 Å². The van der Waals surface area contributed by atoms with E-state index >= 15 is 0 Å². The first kappa shape index (κ1) is 22.2. The second kappa shape index (κ2) is 10.5. The lowest BCUT2D eigenvalue weighted by atomic mass is 9.96. The van der Waals surface area contributed by atoms with E-state index in [2.05, 4.69) is 10.6 Å². The number of hydrogen-bond acceptors (Lipinski definition) is 6. The minimum absolute atomic E-state index is 0.0450. The highest BCUT2D eigenvalue weighted by molar-refractivity contribution is 5.94. The van der Waals surface area contributed by atoms with E-state index in [1.165, 1.54) is 25.3 Å². The van der Waals surface area contributed by atoms with Crippen molar-refractivity contribution in [1.82, 2.24) is 10.2 Å². The third kappa shape index (κ3) is 6.26. The summed E-state index contributed by atoms with van der Waals surface area (Å²) in [6.07, 6.45) is 1.38. The first-order valence-electron chi connectivity index (χ1n) is 10.1. The molecule has 0 spiro atoms. The predicted octanol–water partition coefficient (Wildman–Crippen LogP) is 2.57. The van der Waals surface area contributed by atoms with Crippen molar-refractivity contribution in [3.05, 3.63) is 64.2 Å². The fourth-order valence-electron chi connectivity index (χ4n) is 3.57. The van der Waals surface area contributed by atoms with Gasteiger partial charge in [0.1, 0.15) is 5.75 Å². The van der Waals surface area contributed by atoms with Crippen molar-refractivity contribution >= 4 is 23.2 Å². The molecule has 0 bridgehead atoms. The van der Waals surface area contributed by atoms with Gasteiger partial charge in [-0.3, -0.25) is 24.6 Å². The number of ether oxygens (including phenoxy) is 1. The average Bonchev–Trinajstić information content (AvgIpc) is 2.78. The van der Waals surface area contributed by atoms with Crippen LogP contribution in [-0.4, -0.2) is 48.4 Å². The Hall–Kier alpha value is -3.46. The molecule has 31 heavy (non-hydrogen) atoms. The molecule has 0 atom stereocenters. The summed E-state index contributed by atoms with van der Waals surface area (Å²) in [6, 6.07) is 13.8. The van der Waals surface area contributed by atoms with Crippen molar-refractivity contribution in [3.63, 3.8) is 0 Å². The SMILES string of the molecule is COc1cc([N+](=O)[O-])ccc1NC(=O)CN1CCC(C(=O)NCc2ccccc2)CC1. The zero-order valence-corrected chi connectivity index (χ0v) is 17.4. The topological polar surface area (TPSA) is 114 Å². The van der Waals surface area contributed by atoms with E-state index in [0.29, 0.717) is 38.2 Å². The summed E-state index contributed by atoms with van der Waals surface area (Å²) in [6.45, 7) is 1.99. The third-order valence-corrected chi connectivity index (χ3v) is 5.31. The first-order valence-corrected chi connectivity index (χ1v) is 10.1. The summed E-state index contributed by atoms with van der Waals surface area (Å²) in [5, 5.41) is 16.6. The van der Waals surface area contributed by atoms with Crippen molar-refractivity contribution < 1.29 is 19.2 Å². The van der Waals surface area contributed by atoms with E-state index in [0.717, 1.165) is 5.56 Å². The van der Waals surface area contributed by atoms with Crippen molar-refractivity contribution in [2.24, 2.45) is 5.92 Å². The van der Waals surface area contributed by atoms with Crippen molar-refractivity contribution in [2.75, 3.05) is 32.1 Å². The number of nitro benzene ring substituents is 1. The quantitative estimate of drug-likeness (QED) is 0.495. The van der Waals surface area contributed by atoms with Gasteiger partial charge in [0.05, 0.1) is 30.3 Å². The number of rotatable bonds is 8. The Labute approximate surface area is 180 Å². The van der Waals surface area contributed by atoms with Crippen molar-refractivity contribution in [2.45, 2.75) is 19.4 Å². The number of anilines is 1. The Balaban J connectivity index is 1.44. The van der Waals surface area contributed by atoms with E-state index in [-0.39, 0.29) is 35.7 Å². The number of carbonyl (C=O) groups is 2. The summed E-state index contributed by atoms with van der Waals surface area (Å²) in [5.74, 6) is -0.0168. The highest BCUT2D eigenvalue weighted by atomic mass is 16.6. The van der Waals surface area contributed by atoms with E-state index in [9.17, 15) is 19.7 Å². The molecule has 2 amide bonds. The van der Waals surface area contributed by atoms with Gasteiger partial charge in [-0.05, 0) is 37.6 Å². The molecule has 0 unspecified atom stereocenters. The molecule has 2 N–H and O–H groups in total. The molecule has 0 aromatic heterocycles. The van der Waals surface area contributed by atoms with E-state index in [4.69, 9.17) is 4.74 Å². The lowest BCUT2D eigenvalue weighted by Crippen LogP contribution is -2.43. The van der Waals surface area contributed by atoms with Crippen LogP contribution in [0, 0.1) is 16.0 Å². The number of hydrogen-bond donors (Lipinski definition) is 2. The number of nitrogens with one attached hydrogen (secondary N) is 2. The Bertz CT molecular complexity index is 927. The third-order valence-electron chi connectivity index (χ3n) is 5.31. The van der Waals surface area contributed by atoms with Crippen LogP contribution >= 0.6 is 0 Å². The maximum absolute atomic E-state index is 12.4. The molecule has 9 heteroatoms. The molecular formula is C22H26N4O5. The molecule has 164 valence electrons. The van der Waals surface area contributed by atoms with Crippen LogP contribution < -0.4 is 15.4 Å². The summed E-state index contributed by atoms with van der Waals surface area (Å²) in [5.41, 5.74) is 1.34. The monoisotopic (exact) mass is 426 g/mol. The normalized spacial score (nSPS) is 14.6. The molecule has 0 radical (unpaired) electrons. The first-order chi connectivity index (χ1) is 15.0. The van der Waals surface area contributed by atoms with Gasteiger partial charge in [-0.25, -0.2) is 0 Å². The highest BCUT2D eigenvalue weighted by Gasteiger charge is 2.26. The van der Waals surface area contributed by atoms with Crippen LogP contribution in [0.3, 0.4) is 0 Å². The zero-order valence-electron chi connectivity index (χ0n) is 17.4. The highest BCUT2D eigenvalue weighted by Crippen LogP contribution is 2.29. The molecule has 0 aliphatic carbocycles. The number of likely N-dealkylation sites (tertiary alicyclic amines) is 1. The van der Waals surface area contributed by atoms with Crippen molar-refractivity contribution in [1.29, 1.82) is 0 Å². The van der Waals surface area contributed by atoms with Gasteiger partial charge in [0.25, 0.3) is 5.69 Å². The van der Waals surface area contributed by atoms with E-state index in [1.807, 2.05) is 35.2 Å². The Morgan fingerprint density at radius 3 is 2.52 bits per heavy atom. The summed E-state index contributed by atoms with van der Waals surface area (Å²) < 4.78 is 5.15. The molecule has 2 aromatic rings. The predicted molar refractivity (Wildman–Crippen MR) is 116 cm³/mol. The van der Waals surface area contributed by atoms with Gasteiger partial charge in [-0.1, -0.05) is 30.3 Å². The Morgan fingerprint density at radius 1 is 1.16 bits per heavy atom. The number of nitro groups is 1. The molecule has 3 rings (SSSR count). The van der Waals surface area contributed by atoms with Gasteiger partial charge in [0, 0.05) is 18.5 Å². The van der Waals surface area contributed by atoms with Crippen LogP contribution in [0.4, 0.5) is 11.4 Å². The van der Waals surface area contributed by atoms with Crippen LogP contribution in [-0.2, 0) is 16.1 Å². The number of carbonyl (C=O) groups excluding carboxylic acids is 2. The molecule has 1 aliphatic rings. The fraction of sp³-hybridized carbons (Fsp3) is 0.364. The number of piperidine rings is 1. The number of benzene rings is 2. The van der Waals surface area contributed by atoms with Crippen LogP contribution in [0.1, 0.15) is 18.4 Å². The molecule has 2 aromatic carbocycles. The van der Waals surface area contributed by atoms with Gasteiger partial charge >= 0.3 is 0 Å². The summed E-state index contributed by atoms with van der Waals surface area (Å²) in [7, 11) is 1.39. The van der Waals surface area contributed by atoms with E-state index < -0.39 is 4.92 Å². The second-order valence-electron chi connectivity index (χ2n) is 7.44. The molecule has 1 aliphatic heterocycles. The maximum Gasteiger partial charge on any atom is 0.273 e. The van der Waals surface area contributed by atoms with Gasteiger partial charge in [0.2, 0.25) is 11.8 Å². The Morgan fingerprint density at radius 2 is 1.87 bits per heavy atom. The summed E-state index contributed by atoms with van der Waals surface area (Å²) in [4.78, 5) is 37.2. The van der Waals surface area contributed by atoms with Crippen molar-refractivity contribution in [3.8, 4) is 5.75 Å². The molecule has 0 saturated carbocycles. The van der Waals surface area contributed by atoms with Gasteiger partial charge in [-0.2, -0.15) is 0 Å². The van der Waals surface area contributed by atoms with Gasteiger partial charge < -0.3 is 15.4 Å². The van der Waals surface area contributed by atoms with Crippen LogP contribution in [0.25, 0.3) is 0 Å². The van der Waals surface area contributed by atoms with Crippen LogP contribution in [0.5, 0.6) is 5.75 Å². The van der Waals surface area contributed by atoms with E-state index in [1.54, 1.807) is 0 Å². The van der Waals surface area contributed by atoms with Gasteiger partial charge in [-0.15, -0.1) is 0 Å². The number of amides is 2. The Kier molecular flexibility index (Phi) is 7.55. The standard InChI is InChI=1S/C22H26N4O5/c1-31-20-13-18(26(29)30)7-8-19(20)24-21(27)15-25-11-9-17(10-12-25)22(28)23-14-16-5-3-2-4-6-16/h2-8,13,17H,9-12,14-15H2,1H3,(H,23,28)(H,24,27). The molecule has 9 nitrogen and oxygen atoms in total. The summed E-state index contributed by atoms with van der Waals surface area (Å²) >= 11 is 0. The average molecular weight is 426 g/mol. The smallest absolute Gasteiger partial charge is 0.273 e. The fourth-order valence-corrected chi connectivity index (χ4v) is 3.57.